The third-order valence-electron chi connectivity index (χ3n) is 1.99. The minimum absolute atomic E-state index is 0.0787. The first-order chi connectivity index (χ1) is 6.16. The Hall–Kier alpha value is -1.65. The largest absolute Gasteiger partial charge is 0.310 e. The van der Waals surface area contributed by atoms with Gasteiger partial charge in [-0.25, -0.2) is 4.98 Å². The van der Waals surface area contributed by atoms with Crippen LogP contribution in [0.4, 0.5) is 5.82 Å². The molecule has 68 valence electrons. The van der Waals surface area contributed by atoms with Gasteiger partial charge in [0.15, 0.2) is 0 Å². The molecule has 5 heteroatoms. The van der Waals surface area contributed by atoms with E-state index in [1.54, 1.807) is 6.92 Å². The van der Waals surface area contributed by atoms with Gasteiger partial charge in [-0.3, -0.25) is 9.59 Å². The lowest BCUT2D eigenvalue weighted by molar-refractivity contribution is -0.116. The van der Waals surface area contributed by atoms with Crippen molar-refractivity contribution in [1.29, 1.82) is 0 Å². The van der Waals surface area contributed by atoms with Crippen molar-refractivity contribution in [2.24, 2.45) is 0 Å². The Balaban J connectivity index is 2.59. The number of H-pyrrole nitrogens is 1. The number of aromatic amines is 1. The summed E-state index contributed by atoms with van der Waals surface area (Å²) < 4.78 is 0. The molecule has 0 radical (unpaired) electrons. The number of nitrogens with one attached hydrogen (secondary N) is 2. The molecular weight excluding hydrogens is 170 g/mol. The van der Waals surface area contributed by atoms with Gasteiger partial charge >= 0.3 is 0 Å². The Morgan fingerprint density at radius 3 is 2.85 bits per heavy atom. The molecule has 0 aliphatic carbocycles. The molecule has 0 saturated heterocycles. The van der Waals surface area contributed by atoms with E-state index in [9.17, 15) is 9.59 Å². The molecule has 0 aromatic carbocycles. The van der Waals surface area contributed by atoms with Crippen molar-refractivity contribution in [2.45, 2.75) is 19.8 Å². The minimum atomic E-state index is -0.150. The van der Waals surface area contributed by atoms with Crippen molar-refractivity contribution in [3.63, 3.8) is 0 Å². The predicted molar refractivity (Wildman–Crippen MR) is 46.5 cm³/mol. The number of hydrogen-bond acceptors (Lipinski definition) is 3. The summed E-state index contributed by atoms with van der Waals surface area (Å²) in [5.74, 6) is 0.855. The fraction of sp³-hybridized carbons (Fsp3) is 0.375. The number of rotatable bonds is 0. The molecule has 0 saturated carbocycles. The molecule has 1 aliphatic rings. The summed E-state index contributed by atoms with van der Waals surface area (Å²) in [5.41, 5.74) is 0.424. The van der Waals surface area contributed by atoms with E-state index < -0.39 is 0 Å². The summed E-state index contributed by atoms with van der Waals surface area (Å²) in [5, 5.41) is 2.57. The highest BCUT2D eigenvalue weighted by atomic mass is 16.2. The van der Waals surface area contributed by atoms with Crippen molar-refractivity contribution in [2.75, 3.05) is 5.32 Å². The molecule has 0 fully saturated rings. The lowest BCUT2D eigenvalue weighted by atomic mass is 10.1. The van der Waals surface area contributed by atoms with E-state index in [-0.39, 0.29) is 11.5 Å². The van der Waals surface area contributed by atoms with Crippen LogP contribution in [0.2, 0.25) is 0 Å². The first kappa shape index (κ1) is 7.97. The fourth-order valence-corrected chi connectivity index (χ4v) is 1.38. The van der Waals surface area contributed by atoms with E-state index in [1.165, 1.54) is 0 Å². The molecule has 0 atom stereocenters. The first-order valence-corrected chi connectivity index (χ1v) is 4.06. The van der Waals surface area contributed by atoms with Crippen LogP contribution < -0.4 is 10.9 Å². The van der Waals surface area contributed by atoms with Gasteiger partial charge in [0.1, 0.15) is 11.6 Å². The average molecular weight is 179 g/mol. The predicted octanol–water partition coefficient (Wildman–Crippen LogP) is -0.0370. The van der Waals surface area contributed by atoms with E-state index in [0.29, 0.717) is 30.0 Å². The van der Waals surface area contributed by atoms with Crippen molar-refractivity contribution in [3.05, 3.63) is 21.7 Å². The van der Waals surface area contributed by atoms with Crippen LogP contribution in [-0.4, -0.2) is 15.9 Å². The maximum atomic E-state index is 11.3. The van der Waals surface area contributed by atoms with Crippen LogP contribution in [0.25, 0.3) is 0 Å². The molecule has 1 aliphatic heterocycles. The maximum absolute atomic E-state index is 11.3. The van der Waals surface area contributed by atoms with Gasteiger partial charge in [0, 0.05) is 6.42 Å². The molecule has 2 heterocycles. The molecular formula is C8H9N3O2. The number of carbonyl (C=O) groups excluding carboxylic acids is 1. The number of hydrogen-bond donors (Lipinski definition) is 2. The highest BCUT2D eigenvalue weighted by Crippen LogP contribution is 2.15. The smallest absolute Gasteiger partial charge is 0.256 e. The quantitative estimate of drug-likeness (QED) is 0.587. The van der Waals surface area contributed by atoms with Gasteiger partial charge < -0.3 is 10.3 Å². The molecule has 0 bridgehead atoms. The van der Waals surface area contributed by atoms with E-state index in [1.807, 2.05) is 0 Å². The fourth-order valence-electron chi connectivity index (χ4n) is 1.38. The summed E-state index contributed by atoms with van der Waals surface area (Å²) in [6.45, 7) is 1.68. The van der Waals surface area contributed by atoms with Gasteiger partial charge in [-0.1, -0.05) is 0 Å². The third kappa shape index (κ3) is 1.32. The second-order valence-corrected chi connectivity index (χ2v) is 3.03. The molecule has 1 aromatic heterocycles. The Morgan fingerprint density at radius 2 is 2.08 bits per heavy atom. The molecule has 13 heavy (non-hydrogen) atoms. The number of amides is 1. The minimum Gasteiger partial charge on any atom is -0.310 e. The van der Waals surface area contributed by atoms with Gasteiger partial charge in [-0.15, -0.1) is 0 Å². The number of anilines is 1. The summed E-state index contributed by atoms with van der Waals surface area (Å²) in [7, 11) is 0. The second kappa shape index (κ2) is 2.69. The molecule has 2 N–H and O–H groups in total. The SMILES string of the molecule is Cc1nc2c(c(=O)[nH]1)CCC(=O)N2. The maximum Gasteiger partial charge on any atom is 0.256 e. The van der Waals surface area contributed by atoms with Crippen molar-refractivity contribution < 1.29 is 4.79 Å². The van der Waals surface area contributed by atoms with Crippen LogP contribution in [0.15, 0.2) is 4.79 Å². The summed E-state index contributed by atoms with van der Waals surface area (Å²) in [4.78, 5) is 29.0. The highest BCUT2D eigenvalue weighted by Gasteiger charge is 2.18. The van der Waals surface area contributed by atoms with Crippen LogP contribution >= 0.6 is 0 Å². The van der Waals surface area contributed by atoms with E-state index in [0.717, 1.165) is 0 Å². The van der Waals surface area contributed by atoms with Crippen molar-refractivity contribution in [1.82, 2.24) is 9.97 Å². The van der Waals surface area contributed by atoms with Crippen LogP contribution in [0, 0.1) is 6.92 Å². The van der Waals surface area contributed by atoms with E-state index in [2.05, 4.69) is 15.3 Å². The van der Waals surface area contributed by atoms with Crippen LogP contribution in [0.5, 0.6) is 0 Å². The number of fused-ring (bicyclic) bond motifs is 1. The Labute approximate surface area is 74.2 Å². The zero-order chi connectivity index (χ0) is 9.42. The summed E-state index contributed by atoms with van der Waals surface area (Å²) in [6.07, 6.45) is 0.838. The Kier molecular flexibility index (Phi) is 1.65. The van der Waals surface area contributed by atoms with Crippen molar-refractivity contribution >= 4 is 11.7 Å². The zero-order valence-electron chi connectivity index (χ0n) is 7.18. The first-order valence-electron chi connectivity index (χ1n) is 4.06. The average Bonchev–Trinajstić information content (AvgIpc) is 2.02. The Morgan fingerprint density at radius 1 is 1.31 bits per heavy atom. The molecule has 0 unspecified atom stereocenters. The van der Waals surface area contributed by atoms with Gasteiger partial charge in [-0.2, -0.15) is 0 Å². The normalized spacial score (nSPS) is 15.0. The monoisotopic (exact) mass is 179 g/mol. The lowest BCUT2D eigenvalue weighted by Gasteiger charge is -2.14. The van der Waals surface area contributed by atoms with Crippen LogP contribution in [0.3, 0.4) is 0 Å². The molecule has 1 aromatic rings. The van der Waals surface area contributed by atoms with Gasteiger partial charge in [0.25, 0.3) is 5.56 Å². The highest BCUT2D eigenvalue weighted by molar-refractivity contribution is 5.92. The number of aryl methyl sites for hydroxylation is 1. The summed E-state index contributed by atoms with van der Waals surface area (Å²) >= 11 is 0. The van der Waals surface area contributed by atoms with Crippen molar-refractivity contribution in [3.8, 4) is 0 Å². The Bertz CT molecular complexity index is 422. The molecule has 2 rings (SSSR count). The van der Waals surface area contributed by atoms with Crippen LogP contribution in [0.1, 0.15) is 17.8 Å². The second-order valence-electron chi connectivity index (χ2n) is 3.03. The molecule has 1 amide bonds. The third-order valence-corrected chi connectivity index (χ3v) is 1.99. The van der Waals surface area contributed by atoms with E-state index in [4.69, 9.17) is 0 Å². The number of carbonyl (C=O) groups is 1. The topological polar surface area (TPSA) is 74.8 Å². The molecule has 0 spiro atoms. The molecule has 5 nitrogen and oxygen atoms in total. The zero-order valence-corrected chi connectivity index (χ0v) is 7.18. The number of aromatic nitrogens is 2. The summed E-state index contributed by atoms with van der Waals surface area (Å²) in [6, 6.07) is 0. The van der Waals surface area contributed by atoms with Gasteiger partial charge in [0.2, 0.25) is 5.91 Å². The van der Waals surface area contributed by atoms with Gasteiger partial charge in [0.05, 0.1) is 5.56 Å². The number of nitrogens with zero attached hydrogens (tertiary/aromatic N) is 1. The van der Waals surface area contributed by atoms with E-state index >= 15 is 0 Å². The lowest BCUT2D eigenvalue weighted by Crippen LogP contribution is -2.27. The standard InChI is InChI=1S/C8H9N3O2/c1-4-9-7-5(8(13)10-4)2-3-6(12)11-7/h2-3H2,1H3,(H2,9,10,11,12,13). The van der Waals surface area contributed by atoms with Gasteiger partial charge in [-0.05, 0) is 13.3 Å². The van der Waals surface area contributed by atoms with Crippen LogP contribution in [-0.2, 0) is 11.2 Å².